The molecule has 1 atom stereocenters. The summed E-state index contributed by atoms with van der Waals surface area (Å²) in [6.45, 7) is 1.99. The number of para-hydroxylation sites is 2. The van der Waals surface area contributed by atoms with Crippen molar-refractivity contribution in [1.82, 2.24) is 4.90 Å². The fraction of sp³-hybridized carbons (Fsp3) is 0.250. The van der Waals surface area contributed by atoms with E-state index in [0.29, 0.717) is 18.8 Å². The molecule has 3 aromatic rings. The Kier molecular flexibility index (Phi) is 5.58. The Labute approximate surface area is 171 Å². The van der Waals surface area contributed by atoms with Gasteiger partial charge in [-0.25, -0.2) is 0 Å². The quantitative estimate of drug-likeness (QED) is 0.692. The minimum atomic E-state index is -0.185. The Morgan fingerprint density at radius 1 is 1.00 bits per heavy atom. The molecule has 0 aliphatic carbocycles. The Morgan fingerprint density at radius 3 is 2.59 bits per heavy atom. The third kappa shape index (κ3) is 4.15. The molecule has 5 heteroatoms. The highest BCUT2D eigenvalue weighted by Gasteiger charge is 2.26. The zero-order valence-corrected chi connectivity index (χ0v) is 16.7. The van der Waals surface area contributed by atoms with Crippen molar-refractivity contribution in [3.8, 4) is 23.0 Å². The molecular weight excluding hydrogens is 366 g/mol. The van der Waals surface area contributed by atoms with Gasteiger partial charge in [0.2, 0.25) is 0 Å². The molecule has 5 nitrogen and oxygen atoms in total. The van der Waals surface area contributed by atoms with Gasteiger partial charge in [-0.3, -0.25) is 4.90 Å². The number of nitrogens with zero attached hydrogens (tertiary/aromatic N) is 1. The summed E-state index contributed by atoms with van der Waals surface area (Å²) in [5.41, 5.74) is 2.98. The molecule has 0 fully saturated rings. The molecule has 0 saturated carbocycles. The zero-order valence-electron chi connectivity index (χ0n) is 16.7. The van der Waals surface area contributed by atoms with Gasteiger partial charge in [-0.15, -0.1) is 0 Å². The second kappa shape index (κ2) is 8.45. The van der Waals surface area contributed by atoms with Gasteiger partial charge < -0.3 is 19.3 Å². The van der Waals surface area contributed by atoms with Crippen molar-refractivity contribution in [2.24, 2.45) is 0 Å². The van der Waals surface area contributed by atoms with Crippen molar-refractivity contribution in [3.63, 3.8) is 0 Å². The lowest BCUT2D eigenvalue weighted by Crippen LogP contribution is -2.28. The van der Waals surface area contributed by atoms with E-state index in [2.05, 4.69) is 11.0 Å². The third-order valence-electron chi connectivity index (χ3n) is 5.23. The van der Waals surface area contributed by atoms with Crippen LogP contribution in [0.25, 0.3) is 0 Å². The number of aromatic hydroxyl groups is 1. The van der Waals surface area contributed by atoms with Gasteiger partial charge in [0, 0.05) is 42.4 Å². The highest BCUT2D eigenvalue weighted by molar-refractivity contribution is 5.41. The average molecular weight is 391 g/mol. The number of methoxy groups -OCH3 is 2. The van der Waals surface area contributed by atoms with Gasteiger partial charge in [-0.2, -0.15) is 0 Å². The maximum Gasteiger partial charge on any atom is 0.140 e. The Balaban J connectivity index is 1.67. The Hall–Kier alpha value is -3.18. The summed E-state index contributed by atoms with van der Waals surface area (Å²) in [4.78, 5) is 2.28. The number of ether oxygens (including phenoxy) is 3. The summed E-state index contributed by atoms with van der Waals surface area (Å²) in [5, 5.41) is 10.4. The fourth-order valence-corrected chi connectivity index (χ4v) is 3.74. The third-order valence-corrected chi connectivity index (χ3v) is 5.23. The number of fused-ring (bicyclic) bond motifs is 1. The van der Waals surface area contributed by atoms with Crippen LogP contribution in [0.4, 0.5) is 0 Å². The van der Waals surface area contributed by atoms with Crippen LogP contribution in [0.1, 0.15) is 22.8 Å². The van der Waals surface area contributed by atoms with Crippen LogP contribution in [-0.4, -0.2) is 30.8 Å². The highest BCUT2D eigenvalue weighted by atomic mass is 16.5. The monoisotopic (exact) mass is 391 g/mol. The van der Waals surface area contributed by atoms with Crippen LogP contribution in [0, 0.1) is 0 Å². The van der Waals surface area contributed by atoms with Crippen LogP contribution in [0.5, 0.6) is 23.0 Å². The normalized spacial score (nSPS) is 16.4. The van der Waals surface area contributed by atoms with E-state index in [1.807, 2.05) is 54.6 Å². The molecule has 1 aliphatic rings. The summed E-state index contributed by atoms with van der Waals surface area (Å²) in [5.74, 6) is 2.56. The number of rotatable bonds is 5. The second-order valence-electron chi connectivity index (χ2n) is 7.12. The van der Waals surface area contributed by atoms with Crippen molar-refractivity contribution >= 4 is 0 Å². The number of hydrogen-bond acceptors (Lipinski definition) is 5. The van der Waals surface area contributed by atoms with E-state index in [4.69, 9.17) is 14.2 Å². The van der Waals surface area contributed by atoms with Crippen molar-refractivity contribution in [2.75, 3.05) is 20.8 Å². The van der Waals surface area contributed by atoms with E-state index >= 15 is 0 Å². The molecule has 0 bridgehead atoms. The molecule has 0 saturated heterocycles. The van der Waals surface area contributed by atoms with Gasteiger partial charge >= 0.3 is 0 Å². The van der Waals surface area contributed by atoms with Crippen molar-refractivity contribution < 1.29 is 19.3 Å². The molecule has 1 heterocycles. The number of benzene rings is 3. The second-order valence-corrected chi connectivity index (χ2v) is 7.12. The molecule has 0 spiro atoms. The zero-order chi connectivity index (χ0) is 20.2. The molecule has 3 aromatic carbocycles. The van der Waals surface area contributed by atoms with E-state index in [9.17, 15) is 5.11 Å². The van der Waals surface area contributed by atoms with E-state index in [-0.39, 0.29) is 11.9 Å². The summed E-state index contributed by atoms with van der Waals surface area (Å²) >= 11 is 0. The van der Waals surface area contributed by atoms with E-state index in [0.717, 1.165) is 34.7 Å². The van der Waals surface area contributed by atoms with Crippen LogP contribution in [0.15, 0.2) is 66.7 Å². The number of hydrogen-bond donors (Lipinski definition) is 1. The summed E-state index contributed by atoms with van der Waals surface area (Å²) < 4.78 is 17.2. The van der Waals surface area contributed by atoms with Gasteiger partial charge in [-0.1, -0.05) is 42.5 Å². The van der Waals surface area contributed by atoms with Gasteiger partial charge in [0.25, 0.3) is 0 Å². The van der Waals surface area contributed by atoms with Crippen molar-refractivity contribution in [3.05, 3.63) is 83.4 Å². The number of phenolic OH excluding ortho intramolecular Hbond substituents is 1. The standard InChI is InChI=1S/C24H25NO4/c1-27-19-12-11-17(21(26)13-19)14-25-15-18-7-3-5-9-22(18)29-24(16-25)20-8-4-6-10-23(20)28-2/h3-13,24,26H,14-16H2,1-2H3/t24-/m1/s1. The minimum Gasteiger partial charge on any atom is -0.507 e. The van der Waals surface area contributed by atoms with Crippen LogP contribution in [0.2, 0.25) is 0 Å². The first kappa shape index (κ1) is 19.2. The lowest BCUT2D eigenvalue weighted by atomic mass is 10.1. The first-order valence-corrected chi connectivity index (χ1v) is 9.63. The molecular formula is C24H25NO4. The molecule has 0 unspecified atom stereocenters. The maximum absolute atomic E-state index is 10.4. The van der Waals surface area contributed by atoms with Crippen LogP contribution in [-0.2, 0) is 13.1 Å². The SMILES string of the molecule is COc1ccc(CN2Cc3ccccc3O[C@@H](c3ccccc3OC)C2)c(O)c1. The van der Waals surface area contributed by atoms with Crippen molar-refractivity contribution in [2.45, 2.75) is 19.2 Å². The van der Waals surface area contributed by atoms with Gasteiger partial charge in [0.05, 0.1) is 14.2 Å². The molecule has 0 amide bonds. The summed E-state index contributed by atoms with van der Waals surface area (Å²) in [6, 6.07) is 21.5. The molecule has 0 aromatic heterocycles. The van der Waals surface area contributed by atoms with E-state index in [1.165, 1.54) is 0 Å². The molecule has 150 valence electrons. The molecule has 4 rings (SSSR count). The predicted octanol–water partition coefficient (Wildman–Crippen LogP) is 4.55. The average Bonchev–Trinajstić information content (AvgIpc) is 2.94. The Bertz CT molecular complexity index is 988. The smallest absolute Gasteiger partial charge is 0.140 e. The summed E-state index contributed by atoms with van der Waals surface area (Å²) in [6.07, 6.45) is -0.185. The topological polar surface area (TPSA) is 51.2 Å². The van der Waals surface area contributed by atoms with Crippen LogP contribution >= 0.6 is 0 Å². The fourth-order valence-electron chi connectivity index (χ4n) is 3.74. The number of phenols is 1. The van der Waals surface area contributed by atoms with Crippen molar-refractivity contribution in [1.29, 1.82) is 0 Å². The molecule has 29 heavy (non-hydrogen) atoms. The molecule has 1 aliphatic heterocycles. The minimum absolute atomic E-state index is 0.185. The van der Waals surface area contributed by atoms with Gasteiger partial charge in [0.1, 0.15) is 29.1 Å². The molecule has 0 radical (unpaired) electrons. The Morgan fingerprint density at radius 2 is 1.79 bits per heavy atom. The largest absolute Gasteiger partial charge is 0.507 e. The lowest BCUT2D eigenvalue weighted by Gasteiger charge is -2.25. The van der Waals surface area contributed by atoms with Crippen LogP contribution in [0.3, 0.4) is 0 Å². The lowest BCUT2D eigenvalue weighted by molar-refractivity contribution is 0.140. The van der Waals surface area contributed by atoms with E-state index < -0.39 is 0 Å². The predicted molar refractivity (Wildman–Crippen MR) is 112 cm³/mol. The highest BCUT2D eigenvalue weighted by Crippen LogP contribution is 2.36. The maximum atomic E-state index is 10.4. The first-order chi connectivity index (χ1) is 14.2. The summed E-state index contributed by atoms with van der Waals surface area (Å²) in [7, 11) is 3.27. The van der Waals surface area contributed by atoms with E-state index in [1.54, 1.807) is 20.3 Å². The van der Waals surface area contributed by atoms with Crippen LogP contribution < -0.4 is 14.2 Å². The van der Waals surface area contributed by atoms with Gasteiger partial charge in [-0.05, 0) is 18.2 Å². The first-order valence-electron chi connectivity index (χ1n) is 9.63. The van der Waals surface area contributed by atoms with Gasteiger partial charge in [0.15, 0.2) is 0 Å². The molecule has 1 N–H and O–H groups in total.